The minimum Gasteiger partial charge on any atom is -0.481 e. The van der Waals surface area contributed by atoms with Crippen LogP contribution in [0.4, 0.5) is 9.93 Å². The molecule has 0 aliphatic rings. The maximum absolute atomic E-state index is 11.6. The number of rotatable bonds is 8. The van der Waals surface area contributed by atoms with Gasteiger partial charge in [0.05, 0.1) is 5.69 Å². The molecule has 0 radical (unpaired) electrons. The van der Waals surface area contributed by atoms with E-state index in [2.05, 4.69) is 15.6 Å². The number of unbranched alkanes of at least 4 members (excludes halogenated alkanes) is 3. The van der Waals surface area contributed by atoms with Crippen LogP contribution in [0.5, 0.6) is 0 Å². The highest BCUT2D eigenvalue weighted by Gasteiger charge is 2.06. The number of carbonyl (C=O) groups excluding carboxylic acids is 1. The molecule has 0 spiro atoms. The lowest BCUT2D eigenvalue weighted by molar-refractivity contribution is -0.137. The Labute approximate surface area is 122 Å². The van der Waals surface area contributed by atoms with E-state index in [1.807, 2.05) is 13.8 Å². The highest BCUT2D eigenvalue weighted by Crippen LogP contribution is 2.20. The first-order valence-electron chi connectivity index (χ1n) is 6.69. The molecule has 2 amide bonds. The van der Waals surface area contributed by atoms with E-state index in [0.717, 1.165) is 29.8 Å². The molecule has 0 bridgehead atoms. The highest BCUT2D eigenvalue weighted by molar-refractivity contribution is 7.15. The van der Waals surface area contributed by atoms with Gasteiger partial charge in [0.2, 0.25) is 0 Å². The second-order valence-corrected chi connectivity index (χ2v) is 5.80. The van der Waals surface area contributed by atoms with Crippen molar-refractivity contribution in [3.05, 3.63) is 10.6 Å². The van der Waals surface area contributed by atoms with Gasteiger partial charge in [-0.05, 0) is 26.7 Å². The Hall–Kier alpha value is -1.63. The first-order chi connectivity index (χ1) is 9.49. The largest absolute Gasteiger partial charge is 0.481 e. The number of thiazole rings is 1. The molecule has 0 aliphatic carbocycles. The average Bonchev–Trinajstić information content (AvgIpc) is 2.66. The number of amides is 2. The van der Waals surface area contributed by atoms with E-state index in [1.54, 1.807) is 0 Å². The molecule has 1 heterocycles. The summed E-state index contributed by atoms with van der Waals surface area (Å²) in [4.78, 5) is 27.2. The third-order valence-corrected chi connectivity index (χ3v) is 3.84. The van der Waals surface area contributed by atoms with Crippen LogP contribution in [0.25, 0.3) is 0 Å². The van der Waals surface area contributed by atoms with E-state index < -0.39 is 5.97 Å². The molecule has 0 saturated carbocycles. The molecule has 0 aliphatic heterocycles. The quantitative estimate of drug-likeness (QED) is 0.644. The number of anilines is 1. The van der Waals surface area contributed by atoms with Crippen molar-refractivity contribution in [2.45, 2.75) is 46.0 Å². The van der Waals surface area contributed by atoms with E-state index in [-0.39, 0.29) is 12.5 Å². The van der Waals surface area contributed by atoms with Gasteiger partial charge in [0.25, 0.3) is 0 Å². The molecule has 20 heavy (non-hydrogen) atoms. The van der Waals surface area contributed by atoms with Crippen LogP contribution < -0.4 is 10.6 Å². The van der Waals surface area contributed by atoms with Crippen LogP contribution in [0.3, 0.4) is 0 Å². The van der Waals surface area contributed by atoms with Crippen molar-refractivity contribution < 1.29 is 14.7 Å². The molecule has 0 fully saturated rings. The first kappa shape index (κ1) is 16.4. The predicted molar refractivity (Wildman–Crippen MR) is 79.3 cm³/mol. The van der Waals surface area contributed by atoms with Gasteiger partial charge in [0.1, 0.15) is 0 Å². The zero-order valence-electron chi connectivity index (χ0n) is 11.9. The van der Waals surface area contributed by atoms with Crippen molar-refractivity contribution >= 4 is 28.5 Å². The van der Waals surface area contributed by atoms with Crippen LogP contribution in [0.15, 0.2) is 0 Å². The van der Waals surface area contributed by atoms with Gasteiger partial charge >= 0.3 is 12.0 Å². The molecule has 0 atom stereocenters. The van der Waals surface area contributed by atoms with Gasteiger partial charge in [0.15, 0.2) is 5.13 Å². The van der Waals surface area contributed by atoms with Crippen molar-refractivity contribution in [1.29, 1.82) is 0 Å². The first-order valence-corrected chi connectivity index (χ1v) is 7.51. The second-order valence-electron chi connectivity index (χ2n) is 4.60. The fourth-order valence-electron chi connectivity index (χ4n) is 1.62. The molecule has 112 valence electrons. The van der Waals surface area contributed by atoms with Gasteiger partial charge in [-0.15, -0.1) is 11.3 Å². The zero-order chi connectivity index (χ0) is 15.0. The molecule has 1 aromatic heterocycles. The lowest BCUT2D eigenvalue weighted by Gasteiger charge is -2.05. The molecule has 0 saturated heterocycles. The number of carbonyl (C=O) groups is 2. The Kier molecular flexibility index (Phi) is 7.00. The maximum atomic E-state index is 11.6. The van der Waals surface area contributed by atoms with Crippen LogP contribution in [0.1, 0.15) is 42.7 Å². The molecule has 6 nitrogen and oxygen atoms in total. The van der Waals surface area contributed by atoms with Crippen molar-refractivity contribution in [3.63, 3.8) is 0 Å². The summed E-state index contributed by atoms with van der Waals surface area (Å²) in [6.45, 7) is 4.46. The molecule has 7 heteroatoms. The van der Waals surface area contributed by atoms with Gasteiger partial charge in [-0.3, -0.25) is 10.1 Å². The van der Waals surface area contributed by atoms with Crippen LogP contribution in [-0.4, -0.2) is 28.6 Å². The minimum atomic E-state index is -0.753. The summed E-state index contributed by atoms with van der Waals surface area (Å²) in [5, 5.41) is 14.6. The van der Waals surface area contributed by atoms with Gasteiger partial charge in [-0.25, -0.2) is 9.78 Å². The fourth-order valence-corrected chi connectivity index (χ4v) is 2.43. The Morgan fingerprint density at radius 2 is 1.90 bits per heavy atom. The van der Waals surface area contributed by atoms with E-state index in [4.69, 9.17) is 5.11 Å². The van der Waals surface area contributed by atoms with Crippen LogP contribution >= 0.6 is 11.3 Å². The lowest BCUT2D eigenvalue weighted by Crippen LogP contribution is -2.29. The number of aromatic nitrogens is 1. The van der Waals surface area contributed by atoms with Crippen molar-refractivity contribution in [3.8, 4) is 0 Å². The highest BCUT2D eigenvalue weighted by atomic mass is 32.1. The Morgan fingerprint density at radius 1 is 1.20 bits per heavy atom. The summed E-state index contributed by atoms with van der Waals surface area (Å²) in [6.07, 6.45) is 3.56. The third kappa shape index (κ3) is 6.51. The summed E-state index contributed by atoms with van der Waals surface area (Å²) in [7, 11) is 0. The maximum Gasteiger partial charge on any atom is 0.321 e. The van der Waals surface area contributed by atoms with Gasteiger partial charge < -0.3 is 10.4 Å². The molecule has 1 rings (SSSR count). The molecule has 3 N–H and O–H groups in total. The number of hydrogen-bond donors (Lipinski definition) is 3. The number of nitrogens with one attached hydrogen (secondary N) is 2. The summed E-state index contributed by atoms with van der Waals surface area (Å²) in [5.41, 5.74) is 0.934. The Balaban J connectivity index is 2.07. The number of carboxylic acids is 1. The topological polar surface area (TPSA) is 91.3 Å². The van der Waals surface area contributed by atoms with Crippen LogP contribution in [-0.2, 0) is 4.79 Å². The summed E-state index contributed by atoms with van der Waals surface area (Å²) in [5.74, 6) is -0.753. The normalized spacial score (nSPS) is 10.3. The monoisotopic (exact) mass is 299 g/mol. The zero-order valence-corrected chi connectivity index (χ0v) is 12.7. The predicted octanol–water partition coefficient (Wildman–Crippen LogP) is 2.92. The molecular weight excluding hydrogens is 278 g/mol. The lowest BCUT2D eigenvalue weighted by atomic mass is 10.1. The van der Waals surface area contributed by atoms with Crippen molar-refractivity contribution in [2.24, 2.45) is 0 Å². The second kappa shape index (κ2) is 8.52. The van der Waals surface area contributed by atoms with Gasteiger partial charge in [-0.1, -0.05) is 12.8 Å². The van der Waals surface area contributed by atoms with Crippen molar-refractivity contribution in [1.82, 2.24) is 10.3 Å². The average molecular weight is 299 g/mol. The number of aryl methyl sites for hydroxylation is 2. The molecule has 0 aromatic carbocycles. The number of hydrogen-bond acceptors (Lipinski definition) is 4. The van der Waals surface area contributed by atoms with Crippen molar-refractivity contribution in [2.75, 3.05) is 11.9 Å². The molecular formula is C13H21N3O3S. The summed E-state index contributed by atoms with van der Waals surface area (Å²) in [6, 6.07) is -0.246. The number of urea groups is 1. The van der Waals surface area contributed by atoms with E-state index in [1.165, 1.54) is 11.3 Å². The number of nitrogens with zero attached hydrogens (tertiary/aromatic N) is 1. The number of aliphatic carboxylic acids is 1. The van der Waals surface area contributed by atoms with Gasteiger partial charge in [-0.2, -0.15) is 0 Å². The SMILES string of the molecule is Cc1nc(NC(=O)NCCCCCCC(=O)O)sc1C. The fraction of sp³-hybridized carbons (Fsp3) is 0.615. The standard InChI is InChI=1S/C13H21N3O3S/c1-9-10(2)20-13(15-9)16-12(19)14-8-6-4-3-5-7-11(17)18/h3-8H2,1-2H3,(H,17,18)(H2,14,15,16,19). The summed E-state index contributed by atoms with van der Waals surface area (Å²) >= 11 is 1.46. The molecule has 0 unspecified atom stereocenters. The Bertz CT molecular complexity index is 440. The van der Waals surface area contributed by atoms with Crippen LogP contribution in [0, 0.1) is 13.8 Å². The Morgan fingerprint density at radius 3 is 2.50 bits per heavy atom. The van der Waals surface area contributed by atoms with Gasteiger partial charge in [0, 0.05) is 17.8 Å². The minimum absolute atomic E-state index is 0.219. The van der Waals surface area contributed by atoms with E-state index in [0.29, 0.717) is 18.1 Å². The summed E-state index contributed by atoms with van der Waals surface area (Å²) < 4.78 is 0. The van der Waals surface area contributed by atoms with E-state index >= 15 is 0 Å². The van der Waals surface area contributed by atoms with E-state index in [9.17, 15) is 9.59 Å². The number of carboxylic acid groups (broad SMARTS) is 1. The third-order valence-electron chi connectivity index (χ3n) is 2.85. The smallest absolute Gasteiger partial charge is 0.321 e. The van der Waals surface area contributed by atoms with Crippen LogP contribution in [0.2, 0.25) is 0 Å². The molecule has 1 aromatic rings.